The van der Waals surface area contributed by atoms with E-state index in [0.717, 1.165) is 11.4 Å². The molecule has 63 heavy (non-hydrogen) atoms. The van der Waals surface area contributed by atoms with Crippen LogP contribution in [-0.4, -0.2) is 8.80 Å². The fraction of sp³-hybridized carbons (Fsp3) is 0.100. The number of para-hydroxylation sites is 3. The summed E-state index contributed by atoms with van der Waals surface area (Å²) in [4.78, 5) is 2.45. The molecule has 15 rings (SSSR count). The minimum Gasteiger partial charge on any atom is -0.310 e. The van der Waals surface area contributed by atoms with Crippen LogP contribution >= 0.6 is 0 Å². The van der Waals surface area contributed by atoms with Crippen LogP contribution in [0.15, 0.2) is 176 Å². The SMILES string of the molecule is CC1(C)c2ccccc2-c2cc3c(cc21)c1cccc2c4cc5c(cc4n3c12)c1ccc(N(c2ccccc2)c2ccccc2)c2c3cc4c(cc3n5c12)-c1ccccc1C4(C)C. The van der Waals surface area contributed by atoms with E-state index in [-0.39, 0.29) is 10.8 Å². The summed E-state index contributed by atoms with van der Waals surface area (Å²) < 4.78 is 5.19. The van der Waals surface area contributed by atoms with Crippen LogP contribution in [0.2, 0.25) is 0 Å². The second-order valence-corrected chi connectivity index (χ2v) is 19.3. The smallest absolute Gasteiger partial charge is 0.0641 e. The molecule has 4 heterocycles. The first kappa shape index (κ1) is 34.0. The van der Waals surface area contributed by atoms with Crippen molar-refractivity contribution in [2.45, 2.75) is 38.5 Å². The maximum atomic E-state index is 2.61. The molecular weight excluding hydrogens is 763 g/mol. The Hall–Kier alpha value is -7.62. The van der Waals surface area contributed by atoms with Gasteiger partial charge in [0.1, 0.15) is 0 Å². The van der Waals surface area contributed by atoms with E-state index < -0.39 is 0 Å². The Bertz CT molecular complexity index is 4090. The predicted molar refractivity (Wildman–Crippen MR) is 266 cm³/mol. The van der Waals surface area contributed by atoms with E-state index in [1.165, 1.54) is 126 Å². The lowest BCUT2D eigenvalue weighted by molar-refractivity contribution is 0.661. The molecule has 3 nitrogen and oxygen atoms in total. The minimum atomic E-state index is -0.124. The summed E-state index contributed by atoms with van der Waals surface area (Å²) in [5.41, 5.74) is 21.9. The highest BCUT2D eigenvalue weighted by atomic mass is 15.1. The average Bonchev–Trinajstić information content (AvgIpc) is 4.11. The van der Waals surface area contributed by atoms with Crippen LogP contribution < -0.4 is 4.90 Å². The van der Waals surface area contributed by atoms with Crippen molar-refractivity contribution in [3.05, 3.63) is 198 Å². The van der Waals surface area contributed by atoms with Gasteiger partial charge in [0.05, 0.1) is 38.8 Å². The van der Waals surface area contributed by atoms with Crippen LogP contribution in [0.3, 0.4) is 0 Å². The zero-order valence-electron chi connectivity index (χ0n) is 35.6. The van der Waals surface area contributed by atoms with Gasteiger partial charge in [0.25, 0.3) is 0 Å². The number of aromatic nitrogens is 2. The first-order valence-electron chi connectivity index (χ1n) is 22.4. The molecule has 0 aliphatic heterocycles. The van der Waals surface area contributed by atoms with E-state index in [9.17, 15) is 0 Å². The van der Waals surface area contributed by atoms with Crippen LogP contribution in [0, 0.1) is 0 Å². The summed E-state index contributed by atoms with van der Waals surface area (Å²) in [6.45, 7) is 9.56. The van der Waals surface area contributed by atoms with Crippen LogP contribution in [0.4, 0.5) is 17.1 Å². The van der Waals surface area contributed by atoms with Crippen LogP contribution in [0.1, 0.15) is 49.9 Å². The van der Waals surface area contributed by atoms with Gasteiger partial charge in [-0.2, -0.15) is 0 Å². The highest BCUT2D eigenvalue weighted by molar-refractivity contribution is 6.31. The van der Waals surface area contributed by atoms with Crippen molar-refractivity contribution in [2.24, 2.45) is 0 Å². The average molecular weight is 804 g/mol. The number of benzene rings is 9. The molecule has 0 atom stereocenters. The molecular formula is C60H41N3. The normalized spacial score (nSPS) is 14.9. The molecule has 0 saturated heterocycles. The Kier molecular flexibility index (Phi) is 6.07. The van der Waals surface area contributed by atoms with E-state index in [0.29, 0.717) is 0 Å². The van der Waals surface area contributed by atoms with Crippen molar-refractivity contribution in [1.29, 1.82) is 0 Å². The molecule has 0 bridgehead atoms. The van der Waals surface area contributed by atoms with Crippen molar-refractivity contribution in [3.8, 4) is 22.3 Å². The standard InChI is InChI=1S/C60H41N3/c1-59(2)47-24-13-11-20-36(47)41-30-52-43(28-49(41)59)38-22-15-23-39-44-32-54-45(33-53(44)62(52)57(38)39)40-26-27-51(61(34-16-7-5-8-17-34)35-18-9-6-10-19-35)56-46-29-50-42(31-55(46)63(54)58(40)56)37-21-12-14-25-48(37)60(50,3)4/h5-33H,1-4H3. The van der Waals surface area contributed by atoms with Crippen molar-refractivity contribution in [3.63, 3.8) is 0 Å². The molecule has 0 unspecified atom stereocenters. The molecule has 0 N–H and O–H groups in total. The Labute approximate surface area is 364 Å². The summed E-state index contributed by atoms with van der Waals surface area (Å²) in [6, 6.07) is 66.6. The largest absolute Gasteiger partial charge is 0.310 e. The first-order valence-corrected chi connectivity index (χ1v) is 22.4. The van der Waals surface area contributed by atoms with Gasteiger partial charge in [0, 0.05) is 65.3 Å². The van der Waals surface area contributed by atoms with E-state index >= 15 is 0 Å². The zero-order chi connectivity index (χ0) is 41.7. The van der Waals surface area contributed by atoms with E-state index in [2.05, 4.69) is 217 Å². The molecule has 0 amide bonds. The molecule has 2 aliphatic rings. The highest BCUT2D eigenvalue weighted by Crippen LogP contribution is 2.55. The molecule has 3 heteroatoms. The minimum absolute atomic E-state index is 0.0582. The van der Waals surface area contributed by atoms with Crippen molar-refractivity contribution in [1.82, 2.24) is 8.80 Å². The Morgan fingerprint density at radius 1 is 0.333 bits per heavy atom. The maximum absolute atomic E-state index is 2.61. The van der Waals surface area contributed by atoms with E-state index in [1.807, 2.05) is 0 Å². The molecule has 0 spiro atoms. The van der Waals surface area contributed by atoms with Crippen molar-refractivity contribution in [2.75, 3.05) is 4.90 Å². The molecule has 0 saturated carbocycles. The molecule has 2 aliphatic carbocycles. The van der Waals surface area contributed by atoms with Gasteiger partial charge in [-0.1, -0.05) is 137 Å². The number of hydrogen-bond donors (Lipinski definition) is 0. The van der Waals surface area contributed by atoms with Gasteiger partial charge in [0.15, 0.2) is 0 Å². The maximum Gasteiger partial charge on any atom is 0.0641 e. The van der Waals surface area contributed by atoms with Gasteiger partial charge in [0.2, 0.25) is 0 Å². The molecule has 9 aromatic carbocycles. The summed E-state index contributed by atoms with van der Waals surface area (Å²) in [7, 11) is 0. The lowest BCUT2D eigenvalue weighted by Gasteiger charge is -2.26. The third-order valence-corrected chi connectivity index (χ3v) is 15.5. The van der Waals surface area contributed by atoms with Gasteiger partial charge in [-0.15, -0.1) is 0 Å². The van der Waals surface area contributed by atoms with Crippen LogP contribution in [0.25, 0.3) is 98.4 Å². The van der Waals surface area contributed by atoms with E-state index in [4.69, 9.17) is 0 Å². The lowest BCUT2D eigenvalue weighted by atomic mass is 9.82. The van der Waals surface area contributed by atoms with Crippen molar-refractivity contribution < 1.29 is 0 Å². The lowest BCUT2D eigenvalue weighted by Crippen LogP contribution is -2.14. The second kappa shape index (κ2) is 11.2. The Morgan fingerprint density at radius 2 is 0.778 bits per heavy atom. The topological polar surface area (TPSA) is 12.1 Å². The number of anilines is 3. The fourth-order valence-electron chi connectivity index (χ4n) is 12.7. The van der Waals surface area contributed by atoms with Gasteiger partial charge in [-0.05, 0) is 111 Å². The quantitative estimate of drug-likeness (QED) is 0.173. The monoisotopic (exact) mass is 803 g/mol. The summed E-state index contributed by atoms with van der Waals surface area (Å²) in [6.07, 6.45) is 0. The number of nitrogens with zero attached hydrogens (tertiary/aromatic N) is 3. The highest BCUT2D eigenvalue weighted by Gasteiger charge is 2.38. The third kappa shape index (κ3) is 3.99. The Morgan fingerprint density at radius 3 is 1.35 bits per heavy atom. The van der Waals surface area contributed by atoms with Gasteiger partial charge >= 0.3 is 0 Å². The summed E-state index contributed by atoms with van der Waals surface area (Å²) in [5.74, 6) is 0. The fourth-order valence-corrected chi connectivity index (χ4v) is 12.7. The molecule has 0 radical (unpaired) electrons. The zero-order valence-corrected chi connectivity index (χ0v) is 35.6. The van der Waals surface area contributed by atoms with E-state index in [1.54, 1.807) is 0 Å². The van der Waals surface area contributed by atoms with Crippen LogP contribution in [0.5, 0.6) is 0 Å². The molecule has 296 valence electrons. The first-order chi connectivity index (χ1) is 30.8. The molecule has 13 aromatic rings. The number of fused-ring (bicyclic) bond motifs is 18. The van der Waals surface area contributed by atoms with Gasteiger partial charge in [-0.3, -0.25) is 0 Å². The van der Waals surface area contributed by atoms with Gasteiger partial charge in [-0.25, -0.2) is 0 Å². The summed E-state index contributed by atoms with van der Waals surface area (Å²) in [5, 5.41) is 10.4. The predicted octanol–water partition coefficient (Wildman–Crippen LogP) is 16.1. The third-order valence-electron chi connectivity index (χ3n) is 15.5. The number of rotatable bonds is 3. The van der Waals surface area contributed by atoms with Crippen molar-refractivity contribution >= 4 is 93.3 Å². The number of hydrogen-bond acceptors (Lipinski definition) is 1. The van der Waals surface area contributed by atoms with Crippen LogP contribution in [-0.2, 0) is 10.8 Å². The Balaban J connectivity index is 1.10. The summed E-state index contributed by atoms with van der Waals surface area (Å²) >= 11 is 0. The second-order valence-electron chi connectivity index (χ2n) is 19.3. The molecule has 0 fully saturated rings. The molecule has 4 aromatic heterocycles. The van der Waals surface area contributed by atoms with Gasteiger partial charge < -0.3 is 13.7 Å².